The molecule has 2 aromatic rings. The molecule has 1 aromatic heterocycles. The molecule has 2 rings (SSSR count). The molecule has 0 aliphatic carbocycles. The number of benzene rings is 1. The third-order valence-corrected chi connectivity index (χ3v) is 5.90. The van der Waals surface area contributed by atoms with E-state index < -0.39 is 62.8 Å². The van der Waals surface area contributed by atoms with Gasteiger partial charge in [0, 0.05) is 25.7 Å². The molecule has 1 aromatic carbocycles. The van der Waals surface area contributed by atoms with Crippen molar-refractivity contribution in [2.24, 2.45) is 0 Å². The fraction of sp³-hybridized carbons (Fsp3) is 0.438. The molecule has 0 N–H and O–H groups in total. The van der Waals surface area contributed by atoms with Crippen LogP contribution in [0.2, 0.25) is 0 Å². The number of ether oxygens (including phenoxy) is 2. The lowest BCUT2D eigenvalue weighted by atomic mass is 9.92. The number of rotatable bonds is 9. The van der Waals surface area contributed by atoms with E-state index in [0.717, 1.165) is 31.4 Å². The summed E-state index contributed by atoms with van der Waals surface area (Å²) < 4.78 is 93.7. The normalized spacial score (nSPS) is 14.4. The first kappa shape index (κ1) is 22.7. The Balaban J connectivity index is 2.62. The number of hydrogen-bond acceptors (Lipinski definition) is 7. The minimum Gasteiger partial charge on any atom is -0.465 e. The number of sulfone groups is 1. The monoisotopic (exact) mass is 439 g/mol. The zero-order chi connectivity index (χ0) is 21.9. The summed E-state index contributed by atoms with van der Waals surface area (Å²) >= 11 is 0. The van der Waals surface area contributed by atoms with Crippen LogP contribution in [0.4, 0.5) is 17.6 Å². The Morgan fingerprint density at radius 1 is 1.28 bits per heavy atom. The molecular formula is C16H17F4N3O5S. The second-order valence-electron chi connectivity index (χ2n) is 5.92. The Kier molecular flexibility index (Phi) is 6.63. The van der Waals surface area contributed by atoms with E-state index in [2.05, 4.69) is 14.8 Å². The van der Waals surface area contributed by atoms with Gasteiger partial charge in [-0.15, -0.1) is 0 Å². The summed E-state index contributed by atoms with van der Waals surface area (Å²) in [5.74, 6) is -4.63. The molecular weight excluding hydrogens is 422 g/mol. The zero-order valence-corrected chi connectivity index (χ0v) is 16.1. The fourth-order valence-electron chi connectivity index (χ4n) is 2.66. The summed E-state index contributed by atoms with van der Waals surface area (Å²) in [7, 11) is -4.60. The molecule has 0 saturated heterocycles. The Morgan fingerprint density at radius 3 is 2.48 bits per heavy atom. The highest BCUT2D eigenvalue weighted by atomic mass is 32.2. The smallest absolute Gasteiger partial charge is 0.379 e. The summed E-state index contributed by atoms with van der Waals surface area (Å²) in [6.45, 7) is -0.836. The molecule has 0 fully saturated rings. The van der Waals surface area contributed by atoms with Gasteiger partial charge in [-0.25, -0.2) is 26.9 Å². The molecule has 0 bridgehead atoms. The number of carbonyl (C=O) groups excluding carboxylic acids is 1. The third kappa shape index (κ3) is 4.40. The van der Waals surface area contributed by atoms with Crippen molar-refractivity contribution in [1.82, 2.24) is 14.8 Å². The molecule has 0 aliphatic heterocycles. The molecule has 1 atom stereocenters. The Hall–Kier alpha value is -2.54. The standard InChI is InChI=1S/C16H17F4N3O5S/c1-11(24)28-5-6-29(25,26)16(19,20)15(27-2,8-23-10-21-9-22-23)13-4-3-12(17)7-14(13)18/h3-4,7,9-10H,5-6,8H2,1-2H3. The van der Waals surface area contributed by atoms with Crippen LogP contribution >= 0.6 is 0 Å². The van der Waals surface area contributed by atoms with E-state index in [1.807, 2.05) is 0 Å². The quantitative estimate of drug-likeness (QED) is 0.433. The molecule has 1 unspecified atom stereocenters. The van der Waals surface area contributed by atoms with E-state index in [1.165, 1.54) is 0 Å². The number of methoxy groups -OCH3 is 1. The van der Waals surface area contributed by atoms with E-state index >= 15 is 8.78 Å². The second kappa shape index (κ2) is 8.45. The summed E-state index contributed by atoms with van der Waals surface area (Å²) in [6.07, 6.45) is 1.99. The van der Waals surface area contributed by atoms with E-state index in [0.29, 0.717) is 18.2 Å². The number of hydrogen-bond donors (Lipinski definition) is 0. The Labute approximate surface area is 163 Å². The van der Waals surface area contributed by atoms with Crippen molar-refractivity contribution < 1.29 is 40.2 Å². The van der Waals surface area contributed by atoms with Crippen LogP contribution in [0, 0.1) is 11.6 Å². The van der Waals surface area contributed by atoms with E-state index in [4.69, 9.17) is 4.74 Å². The lowest BCUT2D eigenvalue weighted by Crippen LogP contribution is -2.56. The lowest BCUT2D eigenvalue weighted by Gasteiger charge is -2.38. The van der Waals surface area contributed by atoms with Gasteiger partial charge in [0.2, 0.25) is 9.84 Å². The maximum atomic E-state index is 15.4. The average molecular weight is 439 g/mol. The van der Waals surface area contributed by atoms with Gasteiger partial charge in [0.25, 0.3) is 0 Å². The molecule has 29 heavy (non-hydrogen) atoms. The predicted octanol–water partition coefficient (Wildman–Crippen LogP) is 1.67. The SMILES string of the molecule is COC(Cn1cncn1)(c1ccc(F)cc1F)C(F)(F)S(=O)(=O)CCOC(C)=O. The summed E-state index contributed by atoms with van der Waals surface area (Å²) in [5, 5.41) is -1.10. The first-order valence-electron chi connectivity index (χ1n) is 8.03. The summed E-state index contributed by atoms with van der Waals surface area (Å²) in [4.78, 5) is 14.4. The van der Waals surface area contributed by atoms with Crippen LogP contribution in [-0.2, 0) is 36.3 Å². The maximum Gasteiger partial charge on any atom is 0.379 e. The van der Waals surface area contributed by atoms with Gasteiger partial charge in [0.1, 0.15) is 30.9 Å². The van der Waals surface area contributed by atoms with Crippen LogP contribution in [0.1, 0.15) is 12.5 Å². The van der Waals surface area contributed by atoms with Gasteiger partial charge in [0.05, 0.1) is 12.3 Å². The highest BCUT2D eigenvalue weighted by Gasteiger charge is 2.65. The van der Waals surface area contributed by atoms with Gasteiger partial charge in [-0.2, -0.15) is 13.9 Å². The fourth-order valence-corrected chi connectivity index (χ4v) is 3.98. The minimum absolute atomic E-state index is 0.325. The van der Waals surface area contributed by atoms with E-state index in [1.54, 1.807) is 0 Å². The Bertz CT molecular complexity index is 969. The predicted molar refractivity (Wildman–Crippen MR) is 90.4 cm³/mol. The maximum absolute atomic E-state index is 15.4. The second-order valence-corrected chi connectivity index (χ2v) is 8.07. The first-order valence-corrected chi connectivity index (χ1v) is 9.68. The van der Waals surface area contributed by atoms with Crippen molar-refractivity contribution in [2.75, 3.05) is 19.5 Å². The van der Waals surface area contributed by atoms with Crippen molar-refractivity contribution in [3.05, 3.63) is 48.1 Å². The van der Waals surface area contributed by atoms with E-state index in [9.17, 15) is 22.0 Å². The van der Waals surface area contributed by atoms with Crippen LogP contribution in [0.3, 0.4) is 0 Å². The van der Waals surface area contributed by atoms with Crippen molar-refractivity contribution in [2.45, 2.75) is 24.3 Å². The van der Waals surface area contributed by atoms with Crippen molar-refractivity contribution in [1.29, 1.82) is 0 Å². The van der Waals surface area contributed by atoms with Crippen LogP contribution in [0.15, 0.2) is 30.9 Å². The zero-order valence-electron chi connectivity index (χ0n) is 15.3. The summed E-state index contributed by atoms with van der Waals surface area (Å²) in [6, 6.07) is 1.68. The molecule has 0 radical (unpaired) electrons. The van der Waals surface area contributed by atoms with Gasteiger partial charge in [0.15, 0.2) is 5.60 Å². The number of carbonyl (C=O) groups is 1. The molecule has 0 aliphatic rings. The van der Waals surface area contributed by atoms with Gasteiger partial charge >= 0.3 is 11.2 Å². The number of halogens is 4. The molecule has 13 heteroatoms. The molecule has 8 nitrogen and oxygen atoms in total. The van der Waals surface area contributed by atoms with Gasteiger partial charge in [-0.05, 0) is 12.1 Å². The number of nitrogens with zero attached hydrogens (tertiary/aromatic N) is 3. The third-order valence-electron chi connectivity index (χ3n) is 4.08. The number of alkyl halides is 2. The van der Waals surface area contributed by atoms with Gasteiger partial charge in [-0.3, -0.25) is 4.79 Å². The van der Waals surface area contributed by atoms with Crippen molar-refractivity contribution in [3.8, 4) is 0 Å². The molecule has 0 saturated carbocycles. The average Bonchev–Trinajstić information content (AvgIpc) is 3.12. The largest absolute Gasteiger partial charge is 0.465 e. The van der Waals surface area contributed by atoms with Gasteiger partial charge in [-0.1, -0.05) is 0 Å². The minimum atomic E-state index is -5.36. The highest BCUT2D eigenvalue weighted by Crippen LogP contribution is 2.46. The van der Waals surface area contributed by atoms with E-state index in [-0.39, 0.29) is 0 Å². The molecule has 1 heterocycles. The van der Waals surface area contributed by atoms with Crippen molar-refractivity contribution in [3.63, 3.8) is 0 Å². The van der Waals surface area contributed by atoms with Crippen LogP contribution in [0.5, 0.6) is 0 Å². The van der Waals surface area contributed by atoms with Crippen molar-refractivity contribution >= 4 is 15.8 Å². The Morgan fingerprint density at radius 2 is 1.97 bits per heavy atom. The first-order chi connectivity index (χ1) is 13.5. The topological polar surface area (TPSA) is 100 Å². The number of esters is 1. The number of aromatic nitrogens is 3. The molecule has 0 amide bonds. The van der Waals surface area contributed by atoms with Crippen LogP contribution in [0.25, 0.3) is 0 Å². The summed E-state index contributed by atoms with van der Waals surface area (Å²) in [5.41, 5.74) is -4.04. The molecule has 160 valence electrons. The highest BCUT2D eigenvalue weighted by molar-refractivity contribution is 7.92. The molecule has 0 spiro atoms. The van der Waals surface area contributed by atoms with Crippen LogP contribution < -0.4 is 0 Å². The van der Waals surface area contributed by atoms with Crippen LogP contribution in [-0.4, -0.2) is 53.9 Å². The lowest BCUT2D eigenvalue weighted by molar-refractivity contribution is -0.166. The van der Waals surface area contributed by atoms with Gasteiger partial charge < -0.3 is 9.47 Å².